The van der Waals surface area contributed by atoms with E-state index in [2.05, 4.69) is 31.3 Å². The number of pyridine rings is 1. The maximum atomic E-state index is 12.6. The van der Waals surface area contributed by atoms with Gasteiger partial charge in [0, 0.05) is 18.7 Å². The lowest BCUT2D eigenvalue weighted by atomic mass is 9.97. The molecule has 0 saturated carbocycles. The number of carbonyl (C=O) groups excluding carboxylic acids is 1. The number of aryl methyl sites for hydroxylation is 1. The Morgan fingerprint density at radius 1 is 1.19 bits per heavy atom. The summed E-state index contributed by atoms with van der Waals surface area (Å²) in [7, 11) is 0. The van der Waals surface area contributed by atoms with Gasteiger partial charge in [-0.25, -0.2) is 4.79 Å². The SMILES string of the molecule is C=C/C(=C\C(=C)O)C(=O)N1CCC(COc2cccc3nc(C)c(C(=O)O)c(N)c23)CC1.C=CC=C. The number of aliphatic hydroxyl groups excluding tert-OH is 1. The fraction of sp³-hybridized carbons (Fsp3) is 0.250. The second kappa shape index (κ2) is 12.9. The molecule has 3 rings (SSSR count). The number of carboxylic acid groups (broad SMARTS) is 1. The van der Waals surface area contributed by atoms with Crippen LogP contribution in [0.3, 0.4) is 0 Å². The van der Waals surface area contributed by atoms with Crippen molar-refractivity contribution in [2.45, 2.75) is 19.8 Å². The molecule has 2 aromatic rings. The number of aromatic nitrogens is 1. The number of nitrogens with two attached hydrogens (primary N) is 1. The summed E-state index contributed by atoms with van der Waals surface area (Å²) in [6.07, 6.45) is 7.48. The summed E-state index contributed by atoms with van der Waals surface area (Å²) in [4.78, 5) is 30.3. The number of piperidine rings is 1. The summed E-state index contributed by atoms with van der Waals surface area (Å²) >= 11 is 0. The molecule has 0 radical (unpaired) electrons. The van der Waals surface area contributed by atoms with Crippen LogP contribution in [0, 0.1) is 12.8 Å². The first-order chi connectivity index (χ1) is 17.1. The number of anilines is 1. The predicted molar refractivity (Wildman–Crippen MR) is 143 cm³/mol. The van der Waals surface area contributed by atoms with Crippen molar-refractivity contribution in [2.24, 2.45) is 5.92 Å². The molecule has 4 N–H and O–H groups in total. The van der Waals surface area contributed by atoms with Gasteiger partial charge in [-0.3, -0.25) is 9.78 Å². The van der Waals surface area contributed by atoms with Crippen molar-refractivity contribution >= 4 is 28.5 Å². The third-order valence-electron chi connectivity index (χ3n) is 5.74. The van der Waals surface area contributed by atoms with Crippen molar-refractivity contribution in [1.82, 2.24) is 9.88 Å². The minimum Gasteiger partial charge on any atom is -0.509 e. The Hall–Kier alpha value is -4.33. The Labute approximate surface area is 211 Å². The first-order valence-corrected chi connectivity index (χ1v) is 11.4. The molecular formula is C28H33N3O5. The molecule has 0 spiro atoms. The smallest absolute Gasteiger partial charge is 0.339 e. The molecule has 190 valence electrons. The van der Waals surface area contributed by atoms with Crippen LogP contribution in [-0.4, -0.2) is 51.7 Å². The first kappa shape index (κ1) is 27.9. The third kappa shape index (κ3) is 6.85. The maximum absolute atomic E-state index is 12.6. The van der Waals surface area contributed by atoms with Gasteiger partial charge in [-0.2, -0.15) is 0 Å². The number of fused-ring (bicyclic) bond motifs is 1. The lowest BCUT2D eigenvalue weighted by molar-refractivity contribution is -0.128. The average molecular weight is 492 g/mol. The number of allylic oxidation sites excluding steroid dienone is 3. The number of benzene rings is 1. The number of hydrogen-bond donors (Lipinski definition) is 3. The van der Waals surface area contributed by atoms with Crippen LogP contribution >= 0.6 is 0 Å². The van der Waals surface area contributed by atoms with Crippen molar-refractivity contribution in [3.63, 3.8) is 0 Å². The zero-order chi connectivity index (χ0) is 26.8. The molecule has 2 heterocycles. The summed E-state index contributed by atoms with van der Waals surface area (Å²) in [5.74, 6) is -0.802. The van der Waals surface area contributed by atoms with Crippen molar-refractivity contribution < 1.29 is 24.5 Å². The normalized spacial score (nSPS) is 13.8. The number of nitrogen functional groups attached to an aromatic ring is 1. The lowest BCUT2D eigenvalue weighted by Gasteiger charge is -2.32. The Morgan fingerprint density at radius 3 is 2.36 bits per heavy atom. The highest BCUT2D eigenvalue weighted by atomic mass is 16.5. The molecular weight excluding hydrogens is 458 g/mol. The molecule has 0 aliphatic carbocycles. The number of hydrogen-bond acceptors (Lipinski definition) is 6. The van der Waals surface area contributed by atoms with Gasteiger partial charge >= 0.3 is 5.97 Å². The quantitative estimate of drug-likeness (QED) is 0.270. The Bertz CT molecular complexity index is 1200. The maximum Gasteiger partial charge on any atom is 0.339 e. The van der Waals surface area contributed by atoms with E-state index in [-0.39, 0.29) is 28.8 Å². The molecule has 0 bridgehead atoms. The zero-order valence-electron chi connectivity index (χ0n) is 20.6. The van der Waals surface area contributed by atoms with Crippen LogP contribution in [0.15, 0.2) is 80.2 Å². The number of aliphatic hydroxyl groups is 1. The van der Waals surface area contributed by atoms with E-state index in [4.69, 9.17) is 10.5 Å². The van der Waals surface area contributed by atoms with Crippen LogP contribution in [0.4, 0.5) is 5.69 Å². The summed E-state index contributed by atoms with van der Waals surface area (Å²) < 4.78 is 6.04. The number of amides is 1. The van der Waals surface area contributed by atoms with Gasteiger partial charge in [-0.05, 0) is 43.9 Å². The number of carbonyl (C=O) groups is 2. The number of ether oxygens (including phenoxy) is 1. The third-order valence-corrected chi connectivity index (χ3v) is 5.74. The van der Waals surface area contributed by atoms with E-state index in [9.17, 15) is 19.8 Å². The van der Waals surface area contributed by atoms with Gasteiger partial charge < -0.3 is 25.6 Å². The molecule has 8 nitrogen and oxygen atoms in total. The minimum absolute atomic E-state index is 0.0167. The van der Waals surface area contributed by atoms with E-state index in [0.29, 0.717) is 47.6 Å². The van der Waals surface area contributed by atoms with Gasteiger partial charge in [0.1, 0.15) is 17.1 Å². The molecule has 0 unspecified atom stereocenters. The second-order valence-electron chi connectivity index (χ2n) is 8.25. The van der Waals surface area contributed by atoms with Crippen LogP contribution in [0.5, 0.6) is 5.75 Å². The molecule has 1 aliphatic heterocycles. The second-order valence-corrected chi connectivity index (χ2v) is 8.25. The van der Waals surface area contributed by atoms with Gasteiger partial charge in [-0.1, -0.05) is 50.6 Å². The molecule has 1 amide bonds. The first-order valence-electron chi connectivity index (χ1n) is 11.4. The monoisotopic (exact) mass is 491 g/mol. The van der Waals surface area contributed by atoms with Crippen LogP contribution < -0.4 is 10.5 Å². The fourth-order valence-electron chi connectivity index (χ4n) is 3.91. The largest absolute Gasteiger partial charge is 0.509 e. The van der Waals surface area contributed by atoms with Crippen LogP contribution in [-0.2, 0) is 4.79 Å². The standard InChI is InChI=1S/C24H27N3O5.C4H6/c1-4-17(12-14(2)28)23(29)27-10-8-16(9-11-27)13-32-19-7-5-6-18-21(19)22(25)20(24(30)31)15(3)26-18;1-3-4-2/h4-7,12,16,28H,1-2,8-11,13H2,3H3,(H2,25,26)(H,30,31);3-4H,1-2H2/b17-12+;. The minimum atomic E-state index is -1.13. The number of likely N-dealkylation sites (tertiary alicyclic amines) is 1. The topological polar surface area (TPSA) is 126 Å². The fourth-order valence-corrected chi connectivity index (χ4v) is 3.91. The number of nitrogens with zero attached hydrogens (tertiary/aromatic N) is 2. The number of rotatable bonds is 8. The average Bonchev–Trinajstić information content (AvgIpc) is 2.85. The van der Waals surface area contributed by atoms with E-state index >= 15 is 0 Å². The van der Waals surface area contributed by atoms with Crippen molar-refractivity contribution in [3.05, 3.63) is 91.4 Å². The van der Waals surface area contributed by atoms with Gasteiger partial charge in [0.2, 0.25) is 0 Å². The molecule has 1 fully saturated rings. The van der Waals surface area contributed by atoms with E-state index in [1.54, 1.807) is 42.2 Å². The lowest BCUT2D eigenvalue weighted by Crippen LogP contribution is -2.40. The highest BCUT2D eigenvalue weighted by Crippen LogP contribution is 2.34. The summed E-state index contributed by atoms with van der Waals surface area (Å²) in [6, 6.07) is 5.32. The van der Waals surface area contributed by atoms with Crippen LogP contribution in [0.1, 0.15) is 28.9 Å². The Kier molecular flexibility index (Phi) is 10.0. The van der Waals surface area contributed by atoms with Crippen molar-refractivity contribution in [2.75, 3.05) is 25.4 Å². The van der Waals surface area contributed by atoms with Crippen molar-refractivity contribution in [1.29, 1.82) is 0 Å². The van der Waals surface area contributed by atoms with E-state index in [1.807, 2.05) is 0 Å². The highest BCUT2D eigenvalue weighted by molar-refractivity contribution is 6.06. The molecule has 1 aromatic heterocycles. The summed E-state index contributed by atoms with van der Waals surface area (Å²) in [5.41, 5.74) is 7.54. The van der Waals surface area contributed by atoms with Gasteiger partial charge in [0.05, 0.1) is 28.9 Å². The van der Waals surface area contributed by atoms with E-state index < -0.39 is 5.97 Å². The van der Waals surface area contributed by atoms with Gasteiger partial charge in [0.25, 0.3) is 5.91 Å². The molecule has 0 atom stereocenters. The van der Waals surface area contributed by atoms with Gasteiger partial charge in [0.15, 0.2) is 0 Å². The predicted octanol–water partition coefficient (Wildman–Crippen LogP) is 4.98. The zero-order valence-corrected chi connectivity index (χ0v) is 20.6. The highest BCUT2D eigenvalue weighted by Gasteiger charge is 2.25. The van der Waals surface area contributed by atoms with Crippen molar-refractivity contribution in [3.8, 4) is 5.75 Å². The molecule has 36 heavy (non-hydrogen) atoms. The van der Waals surface area contributed by atoms with E-state index in [1.165, 1.54) is 12.2 Å². The number of aromatic carboxylic acids is 1. The Morgan fingerprint density at radius 2 is 1.83 bits per heavy atom. The van der Waals surface area contributed by atoms with Crippen LogP contribution in [0.25, 0.3) is 10.9 Å². The van der Waals surface area contributed by atoms with E-state index in [0.717, 1.165) is 12.8 Å². The summed E-state index contributed by atoms with van der Waals surface area (Å²) in [6.45, 7) is 16.9. The molecule has 1 saturated heterocycles. The Balaban J connectivity index is 0.00000106. The molecule has 1 aromatic carbocycles. The van der Waals surface area contributed by atoms with Gasteiger partial charge in [-0.15, -0.1) is 0 Å². The molecule has 1 aliphatic rings. The molecule has 8 heteroatoms. The summed E-state index contributed by atoms with van der Waals surface area (Å²) in [5, 5.41) is 19.3. The van der Waals surface area contributed by atoms with Crippen LogP contribution in [0.2, 0.25) is 0 Å². The number of carboxylic acids is 1.